The van der Waals surface area contributed by atoms with Crippen molar-refractivity contribution < 1.29 is 23.8 Å². The summed E-state index contributed by atoms with van der Waals surface area (Å²) in [6.07, 6.45) is 0. The number of carbonyl (C=O) groups is 2. The Bertz CT molecular complexity index is 749. The second-order valence-electron chi connectivity index (χ2n) is 5.11. The number of rotatable bonds is 5. The molecule has 2 rings (SSSR count). The van der Waals surface area contributed by atoms with Gasteiger partial charge in [0.15, 0.2) is 6.61 Å². The van der Waals surface area contributed by atoms with Gasteiger partial charge in [0.25, 0.3) is 5.91 Å². The van der Waals surface area contributed by atoms with Crippen molar-refractivity contribution in [3.05, 3.63) is 64.4 Å². The van der Waals surface area contributed by atoms with Gasteiger partial charge in [0, 0.05) is 18.6 Å². The van der Waals surface area contributed by atoms with Crippen LogP contribution in [0.25, 0.3) is 0 Å². The van der Waals surface area contributed by atoms with Crippen LogP contribution >= 0.6 is 11.6 Å². The number of halogens is 2. The zero-order valence-corrected chi connectivity index (χ0v) is 13.6. The van der Waals surface area contributed by atoms with E-state index in [4.69, 9.17) is 16.3 Å². The summed E-state index contributed by atoms with van der Waals surface area (Å²) in [5.74, 6) is -1.93. The van der Waals surface area contributed by atoms with Crippen LogP contribution in [0.4, 0.5) is 4.39 Å². The van der Waals surface area contributed by atoms with Crippen LogP contribution in [0.3, 0.4) is 0 Å². The quantitative estimate of drug-likeness (QED) is 0.841. The fourth-order valence-electron chi connectivity index (χ4n) is 1.94. The molecule has 0 fully saturated rings. The highest BCUT2D eigenvalue weighted by Gasteiger charge is 2.16. The van der Waals surface area contributed by atoms with Gasteiger partial charge in [-0.3, -0.25) is 4.79 Å². The van der Waals surface area contributed by atoms with Crippen molar-refractivity contribution in [1.82, 2.24) is 4.90 Å². The molecule has 0 aliphatic heterocycles. The first kappa shape index (κ1) is 17.7. The van der Waals surface area contributed by atoms with Gasteiger partial charge in [0.2, 0.25) is 0 Å². The van der Waals surface area contributed by atoms with E-state index < -0.39 is 18.5 Å². The molecule has 0 bridgehead atoms. The van der Waals surface area contributed by atoms with Crippen molar-refractivity contribution in [3.8, 4) is 5.75 Å². The standard InChI is InChI=1S/C17H15ClFNO4/c1-20(9-11-2-5-13(19)6-3-11)16(22)10-24-17(23)14-7-4-12(18)8-15(14)21/h2-8,21H,9-10H2,1H3. The largest absolute Gasteiger partial charge is 0.507 e. The molecule has 0 aliphatic carbocycles. The second kappa shape index (κ2) is 7.79. The van der Waals surface area contributed by atoms with Crippen molar-refractivity contribution in [3.63, 3.8) is 0 Å². The molecule has 24 heavy (non-hydrogen) atoms. The number of phenolic OH excluding ortho intramolecular Hbond substituents is 1. The summed E-state index contributed by atoms with van der Waals surface area (Å²) in [5.41, 5.74) is 0.669. The number of likely N-dealkylation sites (N-methyl/N-ethyl adjacent to an activating group) is 1. The minimum absolute atomic E-state index is 0.0756. The number of nitrogens with zero attached hydrogens (tertiary/aromatic N) is 1. The Morgan fingerprint density at radius 3 is 2.50 bits per heavy atom. The molecule has 126 valence electrons. The van der Waals surface area contributed by atoms with Crippen molar-refractivity contribution >= 4 is 23.5 Å². The van der Waals surface area contributed by atoms with Gasteiger partial charge in [-0.2, -0.15) is 0 Å². The van der Waals surface area contributed by atoms with Gasteiger partial charge in [0.1, 0.15) is 17.1 Å². The molecular weight excluding hydrogens is 337 g/mol. The van der Waals surface area contributed by atoms with E-state index >= 15 is 0 Å². The maximum Gasteiger partial charge on any atom is 0.342 e. The van der Waals surface area contributed by atoms with Crippen LogP contribution in [0.15, 0.2) is 42.5 Å². The van der Waals surface area contributed by atoms with E-state index in [9.17, 15) is 19.1 Å². The normalized spacial score (nSPS) is 10.3. The van der Waals surface area contributed by atoms with Crippen molar-refractivity contribution in [2.24, 2.45) is 0 Å². The molecule has 0 atom stereocenters. The minimum atomic E-state index is -0.826. The molecule has 0 heterocycles. The molecule has 0 saturated carbocycles. The number of esters is 1. The Kier molecular flexibility index (Phi) is 5.76. The van der Waals surface area contributed by atoms with Gasteiger partial charge < -0.3 is 14.7 Å². The van der Waals surface area contributed by atoms with Gasteiger partial charge in [-0.25, -0.2) is 9.18 Å². The topological polar surface area (TPSA) is 66.8 Å². The number of ether oxygens (including phenoxy) is 1. The number of amides is 1. The predicted octanol–water partition coefficient (Wildman–Crippen LogP) is 3.00. The maximum atomic E-state index is 12.8. The summed E-state index contributed by atoms with van der Waals surface area (Å²) in [6.45, 7) is -0.221. The summed E-state index contributed by atoms with van der Waals surface area (Å²) < 4.78 is 17.7. The fraction of sp³-hybridized carbons (Fsp3) is 0.176. The molecule has 0 radical (unpaired) electrons. The van der Waals surface area contributed by atoms with E-state index in [1.807, 2.05) is 0 Å². The molecule has 0 spiro atoms. The van der Waals surface area contributed by atoms with E-state index in [1.165, 1.54) is 35.2 Å². The summed E-state index contributed by atoms with van der Waals surface area (Å²) >= 11 is 5.68. The molecule has 2 aromatic rings. The highest BCUT2D eigenvalue weighted by Crippen LogP contribution is 2.22. The minimum Gasteiger partial charge on any atom is -0.507 e. The second-order valence-corrected chi connectivity index (χ2v) is 5.55. The molecule has 1 N–H and O–H groups in total. The van der Waals surface area contributed by atoms with Gasteiger partial charge in [-0.15, -0.1) is 0 Å². The first-order valence-corrected chi connectivity index (χ1v) is 7.38. The molecular formula is C17H15ClFNO4. The highest BCUT2D eigenvalue weighted by atomic mass is 35.5. The zero-order chi connectivity index (χ0) is 17.7. The molecule has 7 heteroatoms. The van der Waals surface area contributed by atoms with Gasteiger partial charge >= 0.3 is 5.97 Å². The SMILES string of the molecule is CN(Cc1ccc(F)cc1)C(=O)COC(=O)c1ccc(Cl)cc1O. The molecule has 1 amide bonds. The Morgan fingerprint density at radius 1 is 1.21 bits per heavy atom. The summed E-state index contributed by atoms with van der Waals surface area (Å²) in [6, 6.07) is 9.69. The number of phenols is 1. The molecule has 5 nitrogen and oxygen atoms in total. The lowest BCUT2D eigenvalue weighted by molar-refractivity contribution is -0.133. The third-order valence-corrected chi connectivity index (χ3v) is 3.50. The Morgan fingerprint density at radius 2 is 1.88 bits per heavy atom. The van der Waals surface area contributed by atoms with Crippen LogP contribution in [0.2, 0.25) is 5.02 Å². The van der Waals surface area contributed by atoms with Gasteiger partial charge in [0.05, 0.1) is 0 Å². The lowest BCUT2D eigenvalue weighted by Crippen LogP contribution is -2.30. The number of benzene rings is 2. The third kappa shape index (κ3) is 4.70. The van der Waals surface area contributed by atoms with E-state index in [-0.39, 0.29) is 28.7 Å². The number of carbonyl (C=O) groups excluding carboxylic acids is 2. The third-order valence-electron chi connectivity index (χ3n) is 3.27. The van der Waals surface area contributed by atoms with Crippen LogP contribution in [0.1, 0.15) is 15.9 Å². The molecule has 0 aromatic heterocycles. The Hall–Kier alpha value is -2.60. The van der Waals surface area contributed by atoms with Crippen molar-refractivity contribution in [2.75, 3.05) is 13.7 Å². The van der Waals surface area contributed by atoms with Crippen LogP contribution in [-0.4, -0.2) is 35.5 Å². The van der Waals surface area contributed by atoms with Crippen LogP contribution in [0.5, 0.6) is 5.75 Å². The predicted molar refractivity (Wildman–Crippen MR) is 86.3 cm³/mol. The average molecular weight is 352 g/mol. The highest BCUT2D eigenvalue weighted by molar-refractivity contribution is 6.30. The van der Waals surface area contributed by atoms with E-state index in [0.29, 0.717) is 0 Å². The summed E-state index contributed by atoms with van der Waals surface area (Å²) in [5, 5.41) is 9.92. The van der Waals surface area contributed by atoms with E-state index in [2.05, 4.69) is 0 Å². The van der Waals surface area contributed by atoms with Crippen LogP contribution < -0.4 is 0 Å². The Labute approximate surface area is 143 Å². The lowest BCUT2D eigenvalue weighted by Gasteiger charge is -2.17. The number of hydrogen-bond donors (Lipinski definition) is 1. The Balaban J connectivity index is 1.89. The van der Waals surface area contributed by atoms with Crippen LogP contribution in [-0.2, 0) is 16.1 Å². The molecule has 2 aromatic carbocycles. The van der Waals surface area contributed by atoms with Crippen molar-refractivity contribution in [2.45, 2.75) is 6.54 Å². The monoisotopic (exact) mass is 351 g/mol. The van der Waals surface area contributed by atoms with Gasteiger partial charge in [-0.1, -0.05) is 23.7 Å². The summed E-state index contributed by atoms with van der Waals surface area (Å²) in [7, 11) is 1.54. The molecule has 0 unspecified atom stereocenters. The smallest absolute Gasteiger partial charge is 0.342 e. The van der Waals surface area contributed by atoms with Crippen molar-refractivity contribution in [1.29, 1.82) is 0 Å². The first-order valence-electron chi connectivity index (χ1n) is 7.01. The molecule has 0 aliphatic rings. The molecule has 0 saturated heterocycles. The maximum absolute atomic E-state index is 12.8. The average Bonchev–Trinajstić information content (AvgIpc) is 2.54. The first-order chi connectivity index (χ1) is 11.4. The van der Waals surface area contributed by atoms with Gasteiger partial charge in [-0.05, 0) is 35.9 Å². The van der Waals surface area contributed by atoms with E-state index in [1.54, 1.807) is 19.2 Å². The number of hydrogen-bond acceptors (Lipinski definition) is 4. The fourth-order valence-corrected chi connectivity index (χ4v) is 2.11. The number of aromatic hydroxyl groups is 1. The van der Waals surface area contributed by atoms with E-state index in [0.717, 1.165) is 5.56 Å². The lowest BCUT2D eigenvalue weighted by atomic mass is 10.2. The zero-order valence-electron chi connectivity index (χ0n) is 12.8. The summed E-state index contributed by atoms with van der Waals surface area (Å²) in [4.78, 5) is 25.2. The van der Waals surface area contributed by atoms with Crippen LogP contribution in [0, 0.1) is 5.82 Å².